The van der Waals surface area contributed by atoms with Crippen LogP contribution in [-0.2, 0) is 18.7 Å². The SMILES string of the molecule is COc1ccc(CCN(C)c2cc(Cl)nc(SCc3ccc(C(=O)NCc4ccccc4)cc3)n2)cc1OC. The minimum Gasteiger partial charge on any atom is -0.493 e. The molecule has 1 N–H and O–H groups in total. The molecule has 9 heteroatoms. The van der Waals surface area contributed by atoms with Crippen molar-refractivity contribution in [2.45, 2.75) is 23.9 Å². The van der Waals surface area contributed by atoms with E-state index in [0.717, 1.165) is 35.5 Å². The molecular weight excluding hydrogens is 532 g/mol. The number of amides is 1. The van der Waals surface area contributed by atoms with E-state index < -0.39 is 0 Å². The summed E-state index contributed by atoms with van der Waals surface area (Å²) in [4.78, 5) is 23.6. The third-order valence-electron chi connectivity index (χ3n) is 6.12. The largest absolute Gasteiger partial charge is 0.493 e. The van der Waals surface area contributed by atoms with Crippen molar-refractivity contribution in [1.82, 2.24) is 15.3 Å². The molecule has 1 heterocycles. The first-order chi connectivity index (χ1) is 18.9. The molecule has 7 nitrogen and oxygen atoms in total. The molecule has 0 radical (unpaired) electrons. The molecule has 39 heavy (non-hydrogen) atoms. The maximum absolute atomic E-state index is 12.5. The zero-order valence-corrected chi connectivity index (χ0v) is 23.8. The Bertz CT molecular complexity index is 1390. The van der Waals surface area contributed by atoms with Crippen molar-refractivity contribution in [3.8, 4) is 11.5 Å². The molecular formula is C30H31ClN4O3S. The van der Waals surface area contributed by atoms with Crippen LogP contribution in [0.3, 0.4) is 0 Å². The third kappa shape index (κ3) is 8.12. The van der Waals surface area contributed by atoms with E-state index in [0.29, 0.717) is 39.7 Å². The minimum atomic E-state index is -0.100. The van der Waals surface area contributed by atoms with Crippen molar-refractivity contribution < 1.29 is 14.3 Å². The van der Waals surface area contributed by atoms with Crippen molar-refractivity contribution in [2.24, 2.45) is 0 Å². The summed E-state index contributed by atoms with van der Waals surface area (Å²) in [6, 6.07) is 25.1. The molecule has 0 atom stereocenters. The van der Waals surface area contributed by atoms with Crippen LogP contribution in [0.1, 0.15) is 27.0 Å². The van der Waals surface area contributed by atoms with E-state index in [2.05, 4.69) is 15.2 Å². The number of hydrogen-bond donors (Lipinski definition) is 1. The highest BCUT2D eigenvalue weighted by molar-refractivity contribution is 7.98. The molecule has 3 aromatic carbocycles. The Hall–Kier alpha value is -3.75. The fourth-order valence-corrected chi connectivity index (χ4v) is 4.91. The van der Waals surface area contributed by atoms with Crippen LogP contribution in [0.4, 0.5) is 5.82 Å². The van der Waals surface area contributed by atoms with Gasteiger partial charge in [-0.15, -0.1) is 0 Å². The lowest BCUT2D eigenvalue weighted by atomic mass is 10.1. The van der Waals surface area contributed by atoms with Gasteiger partial charge in [0.2, 0.25) is 0 Å². The molecule has 0 saturated heterocycles. The van der Waals surface area contributed by atoms with Gasteiger partial charge in [-0.2, -0.15) is 0 Å². The molecule has 0 aliphatic heterocycles. The topological polar surface area (TPSA) is 76.6 Å². The summed E-state index contributed by atoms with van der Waals surface area (Å²) in [7, 11) is 5.24. The first kappa shape index (κ1) is 28.3. The Balaban J connectivity index is 1.31. The van der Waals surface area contributed by atoms with E-state index in [4.69, 9.17) is 26.1 Å². The average molecular weight is 563 g/mol. The lowest BCUT2D eigenvalue weighted by Crippen LogP contribution is -2.22. The van der Waals surface area contributed by atoms with Crippen molar-refractivity contribution in [3.05, 3.63) is 106 Å². The molecule has 202 valence electrons. The van der Waals surface area contributed by atoms with E-state index in [9.17, 15) is 4.79 Å². The number of methoxy groups -OCH3 is 2. The molecule has 1 aromatic heterocycles. The van der Waals surface area contributed by atoms with Crippen LogP contribution in [0, 0.1) is 0 Å². The Kier molecular flexibility index (Phi) is 10.1. The normalized spacial score (nSPS) is 10.7. The quantitative estimate of drug-likeness (QED) is 0.128. The maximum Gasteiger partial charge on any atom is 0.251 e. The van der Waals surface area contributed by atoms with E-state index in [-0.39, 0.29) is 5.91 Å². The highest BCUT2D eigenvalue weighted by Gasteiger charge is 2.11. The molecule has 0 bridgehead atoms. The predicted molar refractivity (Wildman–Crippen MR) is 157 cm³/mol. The highest BCUT2D eigenvalue weighted by Crippen LogP contribution is 2.28. The Morgan fingerprint density at radius 2 is 1.62 bits per heavy atom. The molecule has 0 saturated carbocycles. The lowest BCUT2D eigenvalue weighted by Gasteiger charge is -2.19. The summed E-state index contributed by atoms with van der Waals surface area (Å²) in [5.41, 5.74) is 3.88. The van der Waals surface area contributed by atoms with Gasteiger partial charge in [-0.05, 0) is 47.4 Å². The van der Waals surface area contributed by atoms with Crippen LogP contribution in [-0.4, -0.2) is 43.7 Å². The van der Waals surface area contributed by atoms with Gasteiger partial charge in [-0.1, -0.05) is 71.9 Å². The average Bonchev–Trinajstić information content (AvgIpc) is 2.97. The summed E-state index contributed by atoms with van der Waals surface area (Å²) < 4.78 is 10.7. The molecule has 0 aliphatic carbocycles. The zero-order valence-electron chi connectivity index (χ0n) is 22.2. The number of halogens is 1. The van der Waals surface area contributed by atoms with Gasteiger partial charge >= 0.3 is 0 Å². The standard InChI is InChI=1S/C30H31ClN4O3S/c1-35(16-15-21-11-14-25(37-2)26(17-21)38-3)28-18-27(31)33-30(34-28)39-20-23-9-12-24(13-10-23)29(36)32-19-22-7-5-4-6-8-22/h4-14,17-18H,15-16,19-20H2,1-3H3,(H,32,36). The monoisotopic (exact) mass is 562 g/mol. The molecule has 1 amide bonds. The number of likely N-dealkylation sites (N-methyl/N-ethyl adjacent to an activating group) is 1. The number of nitrogens with one attached hydrogen (secondary N) is 1. The van der Waals surface area contributed by atoms with Gasteiger partial charge in [0.15, 0.2) is 16.7 Å². The Labute approximate surface area is 238 Å². The number of carbonyl (C=O) groups is 1. The van der Waals surface area contributed by atoms with Crippen LogP contribution < -0.4 is 19.7 Å². The summed E-state index contributed by atoms with van der Waals surface area (Å²) in [6.07, 6.45) is 0.798. The number of ether oxygens (including phenoxy) is 2. The number of benzene rings is 3. The Morgan fingerprint density at radius 3 is 2.33 bits per heavy atom. The van der Waals surface area contributed by atoms with Crippen molar-refractivity contribution in [1.29, 1.82) is 0 Å². The number of aromatic nitrogens is 2. The molecule has 4 aromatic rings. The Morgan fingerprint density at radius 1 is 0.897 bits per heavy atom. The fourth-order valence-electron chi connectivity index (χ4n) is 3.87. The van der Waals surface area contributed by atoms with Crippen LogP contribution in [0.5, 0.6) is 11.5 Å². The van der Waals surface area contributed by atoms with Gasteiger partial charge in [0.1, 0.15) is 11.0 Å². The van der Waals surface area contributed by atoms with Crippen molar-refractivity contribution in [3.63, 3.8) is 0 Å². The van der Waals surface area contributed by atoms with Crippen LogP contribution in [0.2, 0.25) is 5.15 Å². The molecule has 4 rings (SSSR count). The molecule has 0 fully saturated rings. The molecule has 0 aliphatic rings. The highest BCUT2D eigenvalue weighted by atomic mass is 35.5. The van der Waals surface area contributed by atoms with Crippen molar-refractivity contribution >= 4 is 35.1 Å². The maximum atomic E-state index is 12.5. The summed E-state index contributed by atoms with van der Waals surface area (Å²) >= 11 is 7.83. The second kappa shape index (κ2) is 13.9. The van der Waals surface area contributed by atoms with Gasteiger partial charge in [0.25, 0.3) is 5.91 Å². The van der Waals surface area contributed by atoms with Crippen molar-refractivity contribution in [2.75, 3.05) is 32.7 Å². The van der Waals surface area contributed by atoms with Gasteiger partial charge < -0.3 is 19.7 Å². The van der Waals surface area contributed by atoms with Crippen LogP contribution >= 0.6 is 23.4 Å². The predicted octanol–water partition coefficient (Wildman–Crippen LogP) is 6.05. The van der Waals surface area contributed by atoms with Gasteiger partial charge in [0.05, 0.1) is 14.2 Å². The second-order valence-corrected chi connectivity index (χ2v) is 10.2. The van der Waals surface area contributed by atoms with Gasteiger partial charge in [-0.25, -0.2) is 9.97 Å². The molecule has 0 unspecified atom stereocenters. The summed E-state index contributed by atoms with van der Waals surface area (Å²) in [5.74, 6) is 2.73. The van der Waals surface area contributed by atoms with E-state index in [1.165, 1.54) is 11.8 Å². The van der Waals surface area contributed by atoms with E-state index in [1.54, 1.807) is 20.3 Å². The zero-order chi connectivity index (χ0) is 27.6. The van der Waals surface area contributed by atoms with E-state index in [1.807, 2.05) is 79.8 Å². The van der Waals surface area contributed by atoms with Gasteiger partial charge in [0, 0.05) is 37.5 Å². The lowest BCUT2D eigenvalue weighted by molar-refractivity contribution is 0.0951. The molecule has 0 spiro atoms. The number of nitrogens with zero attached hydrogens (tertiary/aromatic N) is 3. The summed E-state index contributed by atoms with van der Waals surface area (Å²) in [5, 5.41) is 3.94. The first-order valence-corrected chi connectivity index (χ1v) is 13.8. The summed E-state index contributed by atoms with van der Waals surface area (Å²) in [6.45, 7) is 1.23. The fraction of sp³-hybridized carbons (Fsp3) is 0.233. The van der Waals surface area contributed by atoms with Crippen LogP contribution in [0.15, 0.2) is 84.0 Å². The number of rotatable bonds is 12. The first-order valence-electron chi connectivity index (χ1n) is 12.5. The van der Waals surface area contributed by atoms with Gasteiger partial charge in [-0.3, -0.25) is 4.79 Å². The number of hydrogen-bond acceptors (Lipinski definition) is 7. The number of thioether (sulfide) groups is 1. The third-order valence-corrected chi connectivity index (χ3v) is 7.23. The van der Waals surface area contributed by atoms with Crippen LogP contribution in [0.25, 0.3) is 0 Å². The smallest absolute Gasteiger partial charge is 0.251 e. The van der Waals surface area contributed by atoms with E-state index >= 15 is 0 Å². The number of anilines is 1. The minimum absolute atomic E-state index is 0.100. The second-order valence-electron chi connectivity index (χ2n) is 8.85. The number of carbonyl (C=O) groups excluding carboxylic acids is 1.